The van der Waals surface area contributed by atoms with Crippen LogP contribution < -0.4 is 4.74 Å². The van der Waals surface area contributed by atoms with E-state index in [0.717, 1.165) is 23.6 Å². The zero-order chi connectivity index (χ0) is 30.4. The third kappa shape index (κ3) is 7.65. The summed E-state index contributed by atoms with van der Waals surface area (Å²) in [5.41, 5.74) is 1.52. The van der Waals surface area contributed by atoms with Gasteiger partial charge in [0.25, 0.3) is 5.92 Å². The molecule has 1 fully saturated rings. The molecule has 8 heteroatoms. The number of alkyl halides is 2. The lowest BCUT2D eigenvalue weighted by molar-refractivity contribution is -0.139. The van der Waals surface area contributed by atoms with E-state index in [2.05, 4.69) is 0 Å². The Balaban J connectivity index is 1.78. The van der Waals surface area contributed by atoms with Crippen molar-refractivity contribution in [1.29, 1.82) is 5.26 Å². The molecule has 0 amide bonds. The van der Waals surface area contributed by atoms with Crippen LogP contribution in [0.2, 0.25) is 0 Å². The Kier molecular flexibility index (Phi) is 10.5. The summed E-state index contributed by atoms with van der Waals surface area (Å²) in [7, 11) is 0. The molecule has 0 aromatic heterocycles. The number of benzene rings is 2. The van der Waals surface area contributed by atoms with Gasteiger partial charge in [0.15, 0.2) is 6.61 Å². The van der Waals surface area contributed by atoms with Gasteiger partial charge in [-0.1, -0.05) is 57.3 Å². The van der Waals surface area contributed by atoms with Gasteiger partial charge in [-0.05, 0) is 92.3 Å². The first kappa shape index (κ1) is 32.1. The van der Waals surface area contributed by atoms with E-state index in [1.54, 1.807) is 12.1 Å². The normalized spacial score (nSPS) is 19.1. The number of hydrogen-bond donors (Lipinski definition) is 1. The minimum Gasteiger partial charge on any atom is -0.482 e. The van der Waals surface area contributed by atoms with Crippen molar-refractivity contribution < 1.29 is 28.2 Å². The van der Waals surface area contributed by atoms with Crippen LogP contribution in [0.1, 0.15) is 74.8 Å². The first-order valence-electron chi connectivity index (χ1n) is 13.9. The third-order valence-corrected chi connectivity index (χ3v) is 8.59. The summed E-state index contributed by atoms with van der Waals surface area (Å²) in [4.78, 5) is 25.5. The Bertz CT molecular complexity index is 1380. The molecule has 2 aromatic rings. The van der Waals surface area contributed by atoms with E-state index >= 15 is 0 Å². The number of nitrogens with zero attached hydrogens (tertiary/aromatic N) is 1. The Morgan fingerprint density at radius 1 is 1.24 bits per heavy atom. The molecule has 218 valence electrons. The van der Waals surface area contributed by atoms with Gasteiger partial charge in [-0.3, -0.25) is 4.79 Å². The lowest BCUT2D eigenvalue weighted by Crippen LogP contribution is -2.38. The van der Waals surface area contributed by atoms with Crippen molar-refractivity contribution >= 4 is 28.8 Å². The van der Waals surface area contributed by atoms with Gasteiger partial charge in [0.2, 0.25) is 0 Å². The van der Waals surface area contributed by atoms with Gasteiger partial charge in [0.05, 0.1) is 11.6 Å². The van der Waals surface area contributed by atoms with Crippen molar-refractivity contribution in [3.8, 4) is 11.8 Å². The van der Waals surface area contributed by atoms with Gasteiger partial charge in [-0.15, -0.1) is 0 Å². The summed E-state index contributed by atoms with van der Waals surface area (Å²) < 4.78 is 34.8. The number of halogens is 2. The van der Waals surface area contributed by atoms with Crippen molar-refractivity contribution in [2.45, 2.75) is 72.1 Å². The Morgan fingerprint density at radius 2 is 1.95 bits per heavy atom. The fourth-order valence-corrected chi connectivity index (χ4v) is 5.97. The summed E-state index contributed by atoms with van der Waals surface area (Å²) in [6, 6.07) is 12.0. The number of carbonyl (C=O) groups excluding carboxylic acids is 1. The number of thiocarbonyl (C=S) groups is 1. The summed E-state index contributed by atoms with van der Waals surface area (Å²) >= 11 is 5.73. The number of rotatable bonds is 11. The molecule has 1 aliphatic rings. The highest BCUT2D eigenvalue weighted by Gasteiger charge is 2.43. The molecule has 0 heterocycles. The second-order valence-electron chi connectivity index (χ2n) is 11.2. The molecular weight excluding hydrogens is 544 g/mol. The molecule has 0 saturated heterocycles. The molecule has 0 spiro atoms. The average molecular weight is 582 g/mol. The van der Waals surface area contributed by atoms with E-state index in [1.165, 1.54) is 25.1 Å². The number of Topliss-reactive ketones (excluding diaryl/α,β-unsaturated/α-hetero) is 1. The number of carboxylic acid groups (broad SMARTS) is 1. The Morgan fingerprint density at radius 3 is 2.59 bits per heavy atom. The highest BCUT2D eigenvalue weighted by atomic mass is 32.1. The average Bonchev–Trinajstić information content (AvgIpc) is 3.00. The van der Waals surface area contributed by atoms with Crippen molar-refractivity contribution in [2.75, 3.05) is 6.61 Å². The van der Waals surface area contributed by atoms with E-state index in [1.807, 2.05) is 39.0 Å². The van der Waals surface area contributed by atoms with Crippen LogP contribution in [-0.4, -0.2) is 28.3 Å². The van der Waals surface area contributed by atoms with Crippen LogP contribution in [-0.2, 0) is 34.8 Å². The second-order valence-corrected chi connectivity index (χ2v) is 11.7. The number of carbonyl (C=O) groups is 2. The molecular formula is C33H37F2NO4S. The Hall–Kier alpha value is -3.44. The molecule has 0 aliphatic heterocycles. The van der Waals surface area contributed by atoms with Gasteiger partial charge in [0.1, 0.15) is 11.5 Å². The largest absolute Gasteiger partial charge is 0.482 e. The van der Waals surface area contributed by atoms with Gasteiger partial charge in [-0.25, -0.2) is 4.79 Å². The first-order valence-corrected chi connectivity index (χ1v) is 14.3. The molecule has 2 unspecified atom stereocenters. The standard InChI is InChI=1S/C33H37F2NO4S/c1-5-15-33(34,35)27-18-21(7-10-24(27)19-36)8-12-26-29(41)14-11-25(32(3,4)31(26)39)17-22-9-13-28(23(6-2)16-22)40-20-30(37)38/h5,7,9-10,13,15-16,18,25-26H,6,8,11-12,14,17,20H2,1-4H3,(H,37,38)/b15-5+. The molecule has 2 aromatic carbocycles. The minimum atomic E-state index is -3.27. The van der Waals surface area contributed by atoms with E-state index in [-0.39, 0.29) is 22.8 Å². The van der Waals surface area contributed by atoms with Crippen molar-refractivity contribution in [3.63, 3.8) is 0 Å². The predicted octanol–water partition coefficient (Wildman–Crippen LogP) is 7.42. The first-order chi connectivity index (χ1) is 19.3. The number of nitriles is 1. The molecule has 1 aliphatic carbocycles. The summed E-state index contributed by atoms with van der Waals surface area (Å²) in [6.45, 7) is 7.00. The van der Waals surface area contributed by atoms with Crippen LogP contribution in [0.25, 0.3) is 0 Å². The van der Waals surface area contributed by atoms with E-state index in [0.29, 0.717) is 48.3 Å². The molecule has 1 saturated carbocycles. The number of ketones is 1. The van der Waals surface area contributed by atoms with Crippen LogP contribution in [0, 0.1) is 28.6 Å². The number of aliphatic carboxylic acids is 1. The van der Waals surface area contributed by atoms with Gasteiger partial charge < -0.3 is 9.84 Å². The summed E-state index contributed by atoms with van der Waals surface area (Å²) in [6.07, 6.45) is 5.57. The monoisotopic (exact) mass is 581 g/mol. The molecule has 5 nitrogen and oxygen atoms in total. The zero-order valence-electron chi connectivity index (χ0n) is 24.0. The number of ether oxygens (including phenoxy) is 1. The van der Waals surface area contributed by atoms with Gasteiger partial charge >= 0.3 is 5.97 Å². The maximum Gasteiger partial charge on any atom is 0.341 e. The molecule has 0 radical (unpaired) electrons. The highest BCUT2D eigenvalue weighted by molar-refractivity contribution is 7.80. The zero-order valence-corrected chi connectivity index (χ0v) is 24.8. The quantitative estimate of drug-likeness (QED) is 0.169. The SMILES string of the molecule is C/C=C/C(F)(F)c1cc(CCC2C(=O)C(C)(C)C(Cc3ccc(OCC(=O)O)c(CC)c3)CCC2=S)ccc1C#N. The number of carboxylic acids is 1. The fourth-order valence-electron chi connectivity index (χ4n) is 5.63. The summed E-state index contributed by atoms with van der Waals surface area (Å²) in [5.74, 6) is -4.11. The van der Waals surface area contributed by atoms with Crippen LogP contribution in [0.15, 0.2) is 48.6 Å². The van der Waals surface area contributed by atoms with Crippen molar-refractivity contribution in [2.24, 2.45) is 17.3 Å². The van der Waals surface area contributed by atoms with Crippen LogP contribution in [0.4, 0.5) is 8.78 Å². The molecule has 0 bridgehead atoms. The van der Waals surface area contributed by atoms with Gasteiger partial charge in [-0.2, -0.15) is 14.0 Å². The fraction of sp³-hybridized carbons (Fsp3) is 0.455. The molecule has 1 N–H and O–H groups in total. The molecule has 41 heavy (non-hydrogen) atoms. The lowest BCUT2D eigenvalue weighted by atomic mass is 9.69. The van der Waals surface area contributed by atoms with Crippen molar-refractivity contribution in [1.82, 2.24) is 0 Å². The van der Waals surface area contributed by atoms with Crippen LogP contribution in [0.3, 0.4) is 0 Å². The Labute approximate surface area is 246 Å². The third-order valence-electron chi connectivity index (χ3n) is 8.10. The maximum atomic E-state index is 14.7. The summed E-state index contributed by atoms with van der Waals surface area (Å²) in [5, 5.41) is 18.3. The van der Waals surface area contributed by atoms with E-state index in [4.69, 9.17) is 22.1 Å². The topological polar surface area (TPSA) is 87.4 Å². The molecule has 3 rings (SSSR count). The number of aryl methyl sites for hydroxylation is 2. The highest BCUT2D eigenvalue weighted by Crippen LogP contribution is 2.42. The maximum absolute atomic E-state index is 14.7. The lowest BCUT2D eigenvalue weighted by Gasteiger charge is -2.33. The number of allylic oxidation sites excluding steroid dienone is 2. The molecule has 2 atom stereocenters. The van der Waals surface area contributed by atoms with Crippen molar-refractivity contribution in [3.05, 3.63) is 76.4 Å². The van der Waals surface area contributed by atoms with Crippen LogP contribution in [0.5, 0.6) is 5.75 Å². The van der Waals surface area contributed by atoms with Gasteiger partial charge in [0, 0.05) is 21.8 Å². The van der Waals surface area contributed by atoms with Crippen LogP contribution >= 0.6 is 12.2 Å². The number of hydrogen-bond acceptors (Lipinski definition) is 5. The van der Waals surface area contributed by atoms with E-state index < -0.39 is 29.8 Å². The minimum absolute atomic E-state index is 0.0366. The smallest absolute Gasteiger partial charge is 0.341 e. The van der Waals surface area contributed by atoms with E-state index in [9.17, 15) is 23.6 Å². The predicted molar refractivity (Wildman–Crippen MR) is 158 cm³/mol. The second kappa shape index (κ2) is 13.5.